The predicted molar refractivity (Wildman–Crippen MR) is 82.5 cm³/mol. The van der Waals surface area contributed by atoms with Crippen LogP contribution in [0.15, 0.2) is 35.3 Å². The van der Waals surface area contributed by atoms with Crippen molar-refractivity contribution in [3.63, 3.8) is 0 Å². The zero-order valence-electron chi connectivity index (χ0n) is 12.5. The maximum absolute atomic E-state index is 5.85. The second kappa shape index (κ2) is 8.02. The molecule has 1 aliphatic heterocycles. The van der Waals surface area contributed by atoms with E-state index in [2.05, 4.69) is 31.3 Å². The van der Waals surface area contributed by atoms with E-state index in [1.54, 1.807) is 0 Å². The normalized spacial score (nSPS) is 18.9. The molecule has 1 aromatic carbocycles. The summed E-state index contributed by atoms with van der Waals surface area (Å²) in [7, 11) is 0. The first-order chi connectivity index (χ1) is 9.85. The van der Waals surface area contributed by atoms with Crippen molar-refractivity contribution in [2.24, 2.45) is 4.99 Å². The van der Waals surface area contributed by atoms with E-state index in [4.69, 9.17) is 9.83 Å². The average molecular weight is 275 g/mol. The van der Waals surface area contributed by atoms with Crippen LogP contribution in [0.1, 0.15) is 44.8 Å². The van der Waals surface area contributed by atoms with Gasteiger partial charge in [0.2, 0.25) is 5.90 Å². The lowest BCUT2D eigenvalue weighted by Gasteiger charge is -2.19. The maximum Gasteiger partial charge on any atom is 0.211 e. The molecule has 4 nitrogen and oxygen atoms in total. The highest BCUT2D eigenvalue weighted by molar-refractivity contribution is 5.77. The lowest BCUT2D eigenvalue weighted by molar-refractivity contribution is -0.0816. The molecule has 0 saturated carbocycles. The van der Waals surface area contributed by atoms with Gasteiger partial charge in [0.15, 0.2) is 6.17 Å². The predicted octanol–water partition coefficient (Wildman–Crippen LogP) is 3.13. The van der Waals surface area contributed by atoms with Crippen molar-refractivity contribution in [1.29, 1.82) is 0 Å². The molecule has 0 amide bonds. The highest BCUT2D eigenvalue weighted by Crippen LogP contribution is 2.28. The van der Waals surface area contributed by atoms with E-state index in [0.717, 1.165) is 38.4 Å². The number of unbranched alkanes of at least 4 members (excludes halogenated alkanes) is 1. The summed E-state index contributed by atoms with van der Waals surface area (Å²) in [5.41, 5.74) is 1.19. The molecular formula is C16H25N3O. The smallest absolute Gasteiger partial charge is 0.211 e. The number of hydroxylamine groups is 2. The summed E-state index contributed by atoms with van der Waals surface area (Å²) in [6.45, 7) is 7.18. The van der Waals surface area contributed by atoms with Crippen LogP contribution in [0.5, 0.6) is 0 Å². The fourth-order valence-electron chi connectivity index (χ4n) is 2.33. The van der Waals surface area contributed by atoms with Crippen LogP contribution in [0, 0.1) is 0 Å². The van der Waals surface area contributed by atoms with Crippen LogP contribution in [0.25, 0.3) is 0 Å². The number of rotatable bonds is 8. The van der Waals surface area contributed by atoms with Gasteiger partial charge in [0, 0.05) is 13.0 Å². The van der Waals surface area contributed by atoms with Gasteiger partial charge >= 0.3 is 0 Å². The molecule has 0 unspecified atom stereocenters. The van der Waals surface area contributed by atoms with Gasteiger partial charge in [-0.05, 0) is 38.4 Å². The van der Waals surface area contributed by atoms with E-state index in [-0.39, 0.29) is 6.17 Å². The van der Waals surface area contributed by atoms with Crippen molar-refractivity contribution in [2.75, 3.05) is 19.6 Å². The van der Waals surface area contributed by atoms with E-state index in [1.807, 2.05) is 23.3 Å². The van der Waals surface area contributed by atoms with Crippen LogP contribution in [0.4, 0.5) is 0 Å². The molecule has 4 heteroatoms. The quantitative estimate of drug-likeness (QED) is 0.741. The first kappa shape index (κ1) is 15.0. The Bertz CT molecular complexity index is 419. The summed E-state index contributed by atoms with van der Waals surface area (Å²) in [6.07, 6.45) is 3.22. The van der Waals surface area contributed by atoms with E-state index < -0.39 is 0 Å². The lowest BCUT2D eigenvalue weighted by Crippen LogP contribution is -2.23. The fourth-order valence-corrected chi connectivity index (χ4v) is 2.33. The van der Waals surface area contributed by atoms with Crippen molar-refractivity contribution < 1.29 is 4.84 Å². The van der Waals surface area contributed by atoms with Gasteiger partial charge < -0.3 is 10.2 Å². The second-order valence-corrected chi connectivity index (χ2v) is 4.94. The van der Waals surface area contributed by atoms with Gasteiger partial charge in [-0.25, -0.2) is 4.99 Å². The summed E-state index contributed by atoms with van der Waals surface area (Å²) in [5.74, 6) is 0.872. The van der Waals surface area contributed by atoms with Gasteiger partial charge in [-0.3, -0.25) is 0 Å². The van der Waals surface area contributed by atoms with Gasteiger partial charge in [0.1, 0.15) is 0 Å². The minimum atomic E-state index is 0.0185. The molecule has 1 heterocycles. The number of nitrogens with zero attached hydrogens (tertiary/aromatic N) is 2. The second-order valence-electron chi connectivity index (χ2n) is 4.94. The number of hydrogen-bond donors (Lipinski definition) is 1. The third kappa shape index (κ3) is 4.05. The van der Waals surface area contributed by atoms with Gasteiger partial charge in [0.05, 0.1) is 0 Å². The number of aliphatic imine (C=N–C) groups is 1. The Labute approximate surface area is 121 Å². The molecule has 2 rings (SSSR count). The standard InChI is InChI=1S/C16H25N3O/c1-3-17-13-9-8-12-15-18-16(19(4-2)20-15)14-10-6-5-7-11-14/h5-7,10-11,16-17H,3-4,8-9,12-13H2,1-2H3/t16-/m0/s1. The van der Waals surface area contributed by atoms with E-state index >= 15 is 0 Å². The van der Waals surface area contributed by atoms with Crippen LogP contribution in [0.2, 0.25) is 0 Å². The zero-order chi connectivity index (χ0) is 14.2. The number of hydrogen-bond acceptors (Lipinski definition) is 4. The summed E-state index contributed by atoms with van der Waals surface area (Å²) >= 11 is 0. The van der Waals surface area contributed by atoms with E-state index in [1.165, 1.54) is 12.0 Å². The monoisotopic (exact) mass is 275 g/mol. The molecule has 1 aromatic rings. The summed E-state index contributed by atoms with van der Waals surface area (Å²) in [5, 5.41) is 5.29. The average Bonchev–Trinajstić information content (AvgIpc) is 2.91. The molecular weight excluding hydrogens is 250 g/mol. The van der Waals surface area contributed by atoms with E-state index in [9.17, 15) is 0 Å². The van der Waals surface area contributed by atoms with E-state index in [0.29, 0.717) is 0 Å². The molecule has 0 bridgehead atoms. The highest BCUT2D eigenvalue weighted by Gasteiger charge is 2.27. The van der Waals surface area contributed by atoms with Crippen molar-refractivity contribution in [3.05, 3.63) is 35.9 Å². The van der Waals surface area contributed by atoms with Crippen molar-refractivity contribution in [2.45, 2.75) is 39.3 Å². The molecule has 0 fully saturated rings. The molecule has 110 valence electrons. The van der Waals surface area contributed by atoms with Crippen molar-refractivity contribution >= 4 is 5.90 Å². The number of nitrogens with one attached hydrogen (secondary N) is 1. The maximum atomic E-state index is 5.85. The molecule has 0 spiro atoms. The SMILES string of the molecule is CCNCCCCC1=N[C@H](c2ccccc2)N(CC)O1. The Morgan fingerprint density at radius 2 is 2.00 bits per heavy atom. The molecule has 1 N–H and O–H groups in total. The van der Waals surface area contributed by atoms with Gasteiger partial charge in [-0.2, -0.15) is 0 Å². The highest BCUT2D eigenvalue weighted by atomic mass is 16.7. The summed E-state index contributed by atoms with van der Waals surface area (Å²) in [6, 6.07) is 10.3. The molecule has 0 saturated heterocycles. The molecule has 0 aromatic heterocycles. The van der Waals surface area contributed by atoms with Crippen LogP contribution in [0.3, 0.4) is 0 Å². The first-order valence-corrected chi connectivity index (χ1v) is 7.62. The van der Waals surface area contributed by atoms with Crippen LogP contribution in [-0.2, 0) is 4.84 Å². The fraction of sp³-hybridized carbons (Fsp3) is 0.562. The lowest BCUT2D eigenvalue weighted by atomic mass is 10.2. The topological polar surface area (TPSA) is 36.9 Å². The molecule has 0 radical (unpaired) electrons. The van der Waals surface area contributed by atoms with Gasteiger partial charge in [-0.15, -0.1) is 5.06 Å². The van der Waals surface area contributed by atoms with Crippen LogP contribution in [-0.4, -0.2) is 30.6 Å². The minimum Gasteiger partial charge on any atom is -0.388 e. The third-order valence-electron chi connectivity index (χ3n) is 3.42. The Kier molecular flexibility index (Phi) is 6.02. The molecule has 1 atom stereocenters. The van der Waals surface area contributed by atoms with Crippen LogP contribution < -0.4 is 5.32 Å². The Balaban J connectivity index is 1.88. The molecule has 1 aliphatic rings. The number of benzene rings is 1. The molecule has 20 heavy (non-hydrogen) atoms. The summed E-state index contributed by atoms with van der Waals surface area (Å²) in [4.78, 5) is 10.6. The zero-order valence-corrected chi connectivity index (χ0v) is 12.5. The van der Waals surface area contributed by atoms with Crippen molar-refractivity contribution in [1.82, 2.24) is 10.4 Å². The molecule has 0 aliphatic carbocycles. The largest absolute Gasteiger partial charge is 0.388 e. The first-order valence-electron chi connectivity index (χ1n) is 7.62. The van der Waals surface area contributed by atoms with Gasteiger partial charge in [-0.1, -0.05) is 37.3 Å². The van der Waals surface area contributed by atoms with Crippen molar-refractivity contribution in [3.8, 4) is 0 Å². The Hall–Kier alpha value is -1.39. The van der Waals surface area contributed by atoms with Crippen LogP contribution >= 0.6 is 0 Å². The minimum absolute atomic E-state index is 0.0185. The Morgan fingerprint density at radius 1 is 1.20 bits per heavy atom. The Morgan fingerprint density at radius 3 is 2.70 bits per heavy atom. The third-order valence-corrected chi connectivity index (χ3v) is 3.42. The van der Waals surface area contributed by atoms with Gasteiger partial charge in [0.25, 0.3) is 0 Å². The summed E-state index contributed by atoms with van der Waals surface area (Å²) < 4.78 is 0.